The Balaban J connectivity index is 1.53. The first-order valence-electron chi connectivity index (χ1n) is 12.2. The quantitative estimate of drug-likeness (QED) is 0.106. The Morgan fingerprint density at radius 3 is 2.71 bits per heavy atom. The third-order valence-corrected chi connectivity index (χ3v) is 6.11. The summed E-state index contributed by atoms with van der Waals surface area (Å²) in [5.74, 6) is -0.506. The topological polar surface area (TPSA) is 184 Å². The lowest BCUT2D eigenvalue weighted by Gasteiger charge is -2.31. The number of ether oxygens (including phenoxy) is 1. The number of imidazole rings is 1. The van der Waals surface area contributed by atoms with Crippen LogP contribution in [0.15, 0.2) is 43.0 Å². The van der Waals surface area contributed by atoms with Gasteiger partial charge in [0, 0.05) is 19.6 Å². The van der Waals surface area contributed by atoms with Gasteiger partial charge in [0.25, 0.3) is 0 Å². The SMILES string of the molecule is CCNc1ncnc2c1ncn2[C@@H]1O[C@H](C(NC=O)ON(CCC(=O)O)CCc2ccccc2)[C@@H](O)[C@H]1O. The summed E-state index contributed by atoms with van der Waals surface area (Å²) >= 11 is 0. The van der Waals surface area contributed by atoms with Crippen molar-refractivity contribution in [3.05, 3.63) is 48.5 Å². The van der Waals surface area contributed by atoms with Gasteiger partial charge in [-0.15, -0.1) is 0 Å². The number of aromatic nitrogens is 4. The van der Waals surface area contributed by atoms with Gasteiger partial charge in [-0.25, -0.2) is 15.0 Å². The molecule has 0 spiro atoms. The van der Waals surface area contributed by atoms with E-state index in [2.05, 4.69) is 25.6 Å². The highest BCUT2D eigenvalue weighted by atomic mass is 16.7. The van der Waals surface area contributed by atoms with Gasteiger partial charge >= 0.3 is 5.97 Å². The zero-order chi connectivity index (χ0) is 27.1. The van der Waals surface area contributed by atoms with Crippen LogP contribution >= 0.6 is 0 Å². The summed E-state index contributed by atoms with van der Waals surface area (Å²) in [6.45, 7) is 2.85. The second kappa shape index (κ2) is 12.7. The molecule has 1 amide bonds. The largest absolute Gasteiger partial charge is 0.481 e. The molecule has 1 aliphatic rings. The summed E-state index contributed by atoms with van der Waals surface area (Å²) in [6, 6.07) is 9.54. The van der Waals surface area contributed by atoms with Gasteiger partial charge in [0.2, 0.25) is 6.41 Å². The van der Waals surface area contributed by atoms with Crippen LogP contribution in [-0.4, -0.2) is 96.5 Å². The van der Waals surface area contributed by atoms with E-state index in [1.54, 1.807) is 0 Å². The van der Waals surface area contributed by atoms with Crippen molar-refractivity contribution in [2.75, 3.05) is 25.0 Å². The molecule has 0 aliphatic carbocycles. The highest BCUT2D eigenvalue weighted by Crippen LogP contribution is 2.34. The van der Waals surface area contributed by atoms with E-state index >= 15 is 0 Å². The predicted octanol–water partition coefficient (Wildman–Crippen LogP) is -0.0996. The van der Waals surface area contributed by atoms with Crippen molar-refractivity contribution in [3.63, 3.8) is 0 Å². The van der Waals surface area contributed by atoms with Crippen LogP contribution < -0.4 is 10.6 Å². The molecular formula is C24H31N7O7. The molecule has 1 unspecified atom stereocenters. The number of hydrogen-bond donors (Lipinski definition) is 5. The molecule has 5 atom stereocenters. The second-order valence-corrected chi connectivity index (χ2v) is 8.67. The number of carbonyl (C=O) groups excluding carboxylic acids is 1. The number of amides is 1. The van der Waals surface area contributed by atoms with Crippen LogP contribution in [0.1, 0.15) is 25.1 Å². The van der Waals surface area contributed by atoms with Crippen LogP contribution in [-0.2, 0) is 25.6 Å². The Morgan fingerprint density at radius 2 is 2.00 bits per heavy atom. The van der Waals surface area contributed by atoms with Crippen LogP contribution in [0.2, 0.25) is 0 Å². The first-order chi connectivity index (χ1) is 18.4. The molecule has 14 nitrogen and oxygen atoms in total. The maximum atomic E-state index is 11.4. The summed E-state index contributed by atoms with van der Waals surface area (Å²) in [7, 11) is 0. The number of nitrogens with one attached hydrogen (secondary N) is 2. The smallest absolute Gasteiger partial charge is 0.304 e. The molecule has 3 aromatic rings. The lowest BCUT2D eigenvalue weighted by atomic mass is 10.1. The molecule has 14 heteroatoms. The van der Waals surface area contributed by atoms with Crippen molar-refractivity contribution in [3.8, 4) is 0 Å². The monoisotopic (exact) mass is 529 g/mol. The number of carboxylic acids is 1. The minimum Gasteiger partial charge on any atom is -0.481 e. The molecule has 4 rings (SSSR count). The first-order valence-corrected chi connectivity index (χ1v) is 12.2. The number of nitrogens with zero attached hydrogens (tertiary/aromatic N) is 5. The minimum absolute atomic E-state index is 0.0181. The Hall–Kier alpha value is -3.69. The molecule has 2 aromatic heterocycles. The zero-order valence-corrected chi connectivity index (χ0v) is 20.8. The first kappa shape index (κ1) is 27.3. The maximum Gasteiger partial charge on any atom is 0.304 e. The number of carbonyl (C=O) groups is 2. The van der Waals surface area contributed by atoms with Crippen LogP contribution in [0.4, 0.5) is 5.82 Å². The molecule has 1 aliphatic heterocycles. The van der Waals surface area contributed by atoms with Gasteiger partial charge in [-0.05, 0) is 18.9 Å². The molecule has 5 N–H and O–H groups in total. The van der Waals surface area contributed by atoms with Gasteiger partial charge < -0.3 is 30.7 Å². The standard InChI is InChI=1S/C24H31N7O7/c1-2-25-21-17-22(27-12-26-21)31(13-28-17)24-19(36)18(35)20(37-24)23(29-14-32)38-30(11-9-16(33)34)10-8-15-6-4-3-5-7-15/h3-7,12-14,18-20,23-24,35-36H,2,8-11H2,1H3,(H,29,32)(H,33,34)(H,25,26,27)/t18-,19+,20-,23?,24+/m0/s1. The van der Waals surface area contributed by atoms with E-state index in [0.29, 0.717) is 42.9 Å². The third kappa shape index (κ3) is 6.23. The number of benzene rings is 1. The third-order valence-electron chi connectivity index (χ3n) is 6.11. The number of aliphatic carboxylic acids is 1. The molecule has 3 heterocycles. The highest BCUT2D eigenvalue weighted by molar-refractivity contribution is 5.82. The van der Waals surface area contributed by atoms with Gasteiger partial charge in [0.05, 0.1) is 12.7 Å². The fraction of sp³-hybridized carbons (Fsp3) is 0.458. The van der Waals surface area contributed by atoms with Gasteiger partial charge in [0.15, 0.2) is 29.4 Å². The Labute approximate surface area is 218 Å². The number of aliphatic hydroxyl groups excluding tert-OH is 2. The lowest BCUT2D eigenvalue weighted by molar-refractivity contribution is -0.243. The molecule has 0 bridgehead atoms. The van der Waals surface area contributed by atoms with E-state index in [1.165, 1.54) is 22.3 Å². The molecule has 38 heavy (non-hydrogen) atoms. The van der Waals surface area contributed by atoms with Crippen LogP contribution in [0.25, 0.3) is 11.2 Å². The number of carboxylic acid groups (broad SMARTS) is 1. The number of anilines is 1. The van der Waals surface area contributed by atoms with Gasteiger partial charge in [-0.2, -0.15) is 5.06 Å². The number of hydrogen-bond acceptors (Lipinski definition) is 11. The van der Waals surface area contributed by atoms with Crippen molar-refractivity contribution >= 4 is 29.4 Å². The Bertz CT molecular complexity index is 1210. The molecule has 0 saturated carbocycles. The van der Waals surface area contributed by atoms with E-state index in [-0.39, 0.29) is 13.0 Å². The highest BCUT2D eigenvalue weighted by Gasteiger charge is 2.49. The number of fused-ring (bicyclic) bond motifs is 1. The Morgan fingerprint density at radius 1 is 1.21 bits per heavy atom. The van der Waals surface area contributed by atoms with Gasteiger partial charge in [-0.1, -0.05) is 30.3 Å². The number of rotatable bonds is 14. The maximum absolute atomic E-state index is 11.4. The predicted molar refractivity (Wildman–Crippen MR) is 133 cm³/mol. The summed E-state index contributed by atoms with van der Waals surface area (Å²) in [4.78, 5) is 41.3. The summed E-state index contributed by atoms with van der Waals surface area (Å²) in [5.41, 5.74) is 1.84. The molecule has 1 saturated heterocycles. The summed E-state index contributed by atoms with van der Waals surface area (Å²) < 4.78 is 7.47. The Kier molecular flexibility index (Phi) is 9.15. The van der Waals surface area contributed by atoms with Crippen molar-refractivity contribution in [1.82, 2.24) is 29.9 Å². The van der Waals surface area contributed by atoms with Crippen molar-refractivity contribution in [2.45, 2.75) is 50.5 Å². The zero-order valence-electron chi connectivity index (χ0n) is 20.8. The van der Waals surface area contributed by atoms with Crippen molar-refractivity contribution < 1.29 is 34.5 Å². The van der Waals surface area contributed by atoms with E-state index in [0.717, 1.165) is 5.56 Å². The number of hydroxylamine groups is 2. The fourth-order valence-corrected chi connectivity index (χ4v) is 4.25. The molecule has 204 valence electrons. The molecule has 1 fully saturated rings. The lowest BCUT2D eigenvalue weighted by Crippen LogP contribution is -2.51. The van der Waals surface area contributed by atoms with Crippen molar-refractivity contribution in [2.24, 2.45) is 0 Å². The molecular weight excluding hydrogens is 498 g/mol. The van der Waals surface area contributed by atoms with Gasteiger partial charge in [-0.3, -0.25) is 19.0 Å². The average Bonchev–Trinajstić information content (AvgIpc) is 3.47. The summed E-state index contributed by atoms with van der Waals surface area (Å²) in [5, 5.41) is 37.9. The van der Waals surface area contributed by atoms with E-state index in [9.17, 15) is 24.9 Å². The van der Waals surface area contributed by atoms with Crippen molar-refractivity contribution in [1.29, 1.82) is 0 Å². The average molecular weight is 530 g/mol. The summed E-state index contributed by atoms with van der Waals surface area (Å²) in [6.07, 6.45) is -2.90. The minimum atomic E-state index is -1.46. The van der Waals surface area contributed by atoms with Crippen LogP contribution in [0.3, 0.4) is 0 Å². The molecule has 1 aromatic carbocycles. The second-order valence-electron chi connectivity index (χ2n) is 8.67. The van der Waals surface area contributed by atoms with Gasteiger partial charge in [0.1, 0.15) is 24.6 Å². The van der Waals surface area contributed by atoms with E-state index < -0.39 is 36.7 Å². The molecule has 0 radical (unpaired) electrons. The van der Waals surface area contributed by atoms with E-state index in [4.69, 9.17) is 9.57 Å². The van der Waals surface area contributed by atoms with E-state index in [1.807, 2.05) is 37.3 Å². The van der Waals surface area contributed by atoms with Crippen LogP contribution in [0, 0.1) is 0 Å². The fourth-order valence-electron chi connectivity index (χ4n) is 4.25. The van der Waals surface area contributed by atoms with Crippen LogP contribution in [0.5, 0.6) is 0 Å². The normalized spacial score (nSPS) is 22.0. The number of aliphatic hydroxyl groups is 2.